The van der Waals surface area contributed by atoms with Crippen molar-refractivity contribution in [2.45, 2.75) is 5.51 Å². The van der Waals surface area contributed by atoms with E-state index in [1.165, 1.54) is 0 Å². The lowest BCUT2D eigenvalue weighted by Crippen LogP contribution is -2.26. The van der Waals surface area contributed by atoms with Crippen molar-refractivity contribution in [3.05, 3.63) is 0 Å². The van der Waals surface area contributed by atoms with Gasteiger partial charge in [0.2, 0.25) is 0 Å². The minimum Gasteiger partial charge on any atom is -0.303 e. The van der Waals surface area contributed by atoms with Crippen molar-refractivity contribution in [1.29, 1.82) is 0 Å². The molecule has 0 amide bonds. The van der Waals surface area contributed by atoms with Crippen LogP contribution in [-0.2, 0) is 23.4 Å². The lowest BCUT2D eigenvalue weighted by atomic mass is 11.5. The van der Waals surface area contributed by atoms with Crippen LogP contribution in [0.4, 0.5) is 13.2 Å². The quantitative estimate of drug-likeness (QED) is 0.315. The van der Waals surface area contributed by atoms with E-state index in [-0.39, 0.29) is 0 Å². The van der Waals surface area contributed by atoms with E-state index >= 15 is 0 Å². The molecule has 0 rings (SSSR count). The fourth-order valence-electron chi connectivity index (χ4n) is 0.220. The average Bonchev–Trinajstić information content (AvgIpc) is 1.80. The van der Waals surface area contributed by atoms with Gasteiger partial charge in [0.25, 0.3) is 0 Å². The Bertz CT molecular complexity index is 325. The Hall–Kier alpha value is -0.190. The van der Waals surface area contributed by atoms with Crippen LogP contribution in [0.25, 0.3) is 0 Å². The summed E-state index contributed by atoms with van der Waals surface area (Å²) in [5.41, 5.74) is -5.66. The average molecular weight is 260 g/mol. The van der Waals surface area contributed by atoms with E-state index in [0.29, 0.717) is 0 Å². The van der Waals surface area contributed by atoms with Crippen molar-refractivity contribution in [3.8, 4) is 0 Å². The standard InChI is InChI=1S/C2H4F3O7PS/c3-2(4,5)14(9,10)12-1-11-13(6,7)8/h1H2,(H2,6,7,8). The van der Waals surface area contributed by atoms with Gasteiger partial charge in [-0.05, 0) is 0 Å². The molecule has 0 unspecified atom stereocenters. The molecule has 0 aliphatic heterocycles. The SMILES string of the molecule is O=P(O)(O)OCOS(=O)(=O)C(F)(F)F. The summed E-state index contributed by atoms with van der Waals surface area (Å²) in [4.78, 5) is 15.9. The number of phosphoric ester groups is 1. The Balaban J connectivity index is 4.24. The molecule has 0 saturated carbocycles. The summed E-state index contributed by atoms with van der Waals surface area (Å²) in [6.07, 6.45) is 0. The Morgan fingerprint density at radius 2 is 1.71 bits per heavy atom. The molecule has 0 aromatic carbocycles. The molecule has 0 heterocycles. The summed E-state index contributed by atoms with van der Waals surface area (Å²) in [7, 11) is -10.9. The number of halogens is 3. The smallest absolute Gasteiger partial charge is 0.303 e. The Labute approximate surface area is 75.8 Å². The van der Waals surface area contributed by atoms with Crippen molar-refractivity contribution in [2.24, 2.45) is 0 Å². The van der Waals surface area contributed by atoms with Crippen LogP contribution in [-0.4, -0.2) is 30.5 Å². The highest BCUT2D eigenvalue weighted by molar-refractivity contribution is 7.87. The van der Waals surface area contributed by atoms with Crippen molar-refractivity contribution >= 4 is 17.9 Å². The topological polar surface area (TPSA) is 110 Å². The molecule has 12 heteroatoms. The summed E-state index contributed by atoms with van der Waals surface area (Å²) in [6, 6.07) is 0. The van der Waals surface area contributed by atoms with Crippen LogP contribution >= 0.6 is 7.82 Å². The number of hydrogen-bond acceptors (Lipinski definition) is 5. The van der Waals surface area contributed by atoms with Gasteiger partial charge in [-0.3, -0.25) is 4.52 Å². The third-order valence-electron chi connectivity index (χ3n) is 0.708. The highest BCUT2D eigenvalue weighted by Gasteiger charge is 2.47. The zero-order chi connectivity index (χ0) is 11.6. The second-order valence-corrected chi connectivity index (χ2v) is 4.60. The molecule has 0 aromatic heterocycles. The van der Waals surface area contributed by atoms with Crippen molar-refractivity contribution in [2.75, 3.05) is 6.79 Å². The Kier molecular flexibility index (Phi) is 4.07. The summed E-state index contributed by atoms with van der Waals surface area (Å²) in [6.45, 7) is -1.72. The lowest BCUT2D eigenvalue weighted by Gasteiger charge is -2.08. The second kappa shape index (κ2) is 4.13. The van der Waals surface area contributed by atoms with E-state index in [0.717, 1.165) is 0 Å². The maximum absolute atomic E-state index is 11.5. The van der Waals surface area contributed by atoms with Gasteiger partial charge in [-0.25, -0.2) is 8.75 Å². The molecule has 2 N–H and O–H groups in total. The highest BCUT2D eigenvalue weighted by Crippen LogP contribution is 2.36. The molecule has 0 atom stereocenters. The van der Waals surface area contributed by atoms with E-state index in [2.05, 4.69) is 8.71 Å². The molecule has 0 spiro atoms. The monoisotopic (exact) mass is 260 g/mol. The fraction of sp³-hybridized carbons (Fsp3) is 1.00. The Morgan fingerprint density at radius 3 is 2.00 bits per heavy atom. The van der Waals surface area contributed by atoms with Gasteiger partial charge < -0.3 is 9.79 Å². The minimum atomic E-state index is -5.89. The lowest BCUT2D eigenvalue weighted by molar-refractivity contribution is -0.0599. The first-order chi connectivity index (χ1) is 5.96. The number of hydrogen-bond donors (Lipinski definition) is 2. The molecule has 86 valence electrons. The van der Waals surface area contributed by atoms with Crippen molar-refractivity contribution < 1.29 is 44.6 Å². The van der Waals surface area contributed by atoms with Gasteiger partial charge in [0.1, 0.15) is 0 Å². The number of alkyl halides is 3. The van der Waals surface area contributed by atoms with Crippen LogP contribution < -0.4 is 0 Å². The van der Waals surface area contributed by atoms with Crippen LogP contribution in [0.5, 0.6) is 0 Å². The summed E-state index contributed by atoms with van der Waals surface area (Å²) in [5.74, 6) is 0. The predicted octanol–water partition coefficient (Wildman–Crippen LogP) is -0.0806. The van der Waals surface area contributed by atoms with Gasteiger partial charge in [-0.15, -0.1) is 0 Å². The number of phosphoric acid groups is 1. The Morgan fingerprint density at radius 1 is 1.29 bits per heavy atom. The maximum Gasteiger partial charge on any atom is 0.523 e. The molecular weight excluding hydrogens is 256 g/mol. The highest BCUT2D eigenvalue weighted by atomic mass is 32.2. The van der Waals surface area contributed by atoms with Gasteiger partial charge in [-0.1, -0.05) is 0 Å². The summed E-state index contributed by atoms with van der Waals surface area (Å²) < 4.78 is 70.9. The zero-order valence-electron chi connectivity index (χ0n) is 6.13. The molecule has 0 aliphatic carbocycles. The first-order valence-corrected chi connectivity index (χ1v) is 5.55. The minimum absolute atomic E-state index is 1.72. The van der Waals surface area contributed by atoms with Gasteiger partial charge in [-0.2, -0.15) is 21.6 Å². The van der Waals surface area contributed by atoms with E-state index in [9.17, 15) is 26.2 Å². The largest absolute Gasteiger partial charge is 0.523 e. The zero-order valence-corrected chi connectivity index (χ0v) is 7.84. The third kappa shape index (κ3) is 4.88. The van der Waals surface area contributed by atoms with Crippen molar-refractivity contribution in [1.82, 2.24) is 0 Å². The van der Waals surface area contributed by atoms with Gasteiger partial charge in [0, 0.05) is 0 Å². The van der Waals surface area contributed by atoms with Gasteiger partial charge in [0.15, 0.2) is 6.79 Å². The van der Waals surface area contributed by atoms with E-state index in [1.54, 1.807) is 0 Å². The molecule has 0 saturated heterocycles. The fourth-order valence-corrected chi connectivity index (χ4v) is 0.790. The summed E-state index contributed by atoms with van der Waals surface area (Å²) in [5, 5.41) is 0. The van der Waals surface area contributed by atoms with E-state index < -0.39 is 30.2 Å². The van der Waals surface area contributed by atoms with Crippen LogP contribution in [0, 0.1) is 0 Å². The third-order valence-corrected chi connectivity index (χ3v) is 2.12. The molecule has 0 aromatic rings. The second-order valence-electron chi connectivity index (χ2n) is 1.76. The summed E-state index contributed by atoms with van der Waals surface area (Å²) >= 11 is 0. The molecular formula is C2H4F3O7PS. The molecule has 0 fully saturated rings. The van der Waals surface area contributed by atoms with Crippen molar-refractivity contribution in [3.63, 3.8) is 0 Å². The first-order valence-electron chi connectivity index (χ1n) is 2.61. The normalized spacial score (nSPS) is 14.4. The van der Waals surface area contributed by atoms with Gasteiger partial charge in [0.05, 0.1) is 0 Å². The molecule has 0 aliphatic rings. The van der Waals surface area contributed by atoms with Gasteiger partial charge >= 0.3 is 23.4 Å². The van der Waals surface area contributed by atoms with E-state index in [4.69, 9.17) is 9.79 Å². The molecule has 0 radical (unpaired) electrons. The molecule has 14 heavy (non-hydrogen) atoms. The predicted molar refractivity (Wildman–Crippen MR) is 34.1 cm³/mol. The van der Waals surface area contributed by atoms with Crippen LogP contribution in [0.15, 0.2) is 0 Å². The first kappa shape index (κ1) is 13.8. The van der Waals surface area contributed by atoms with Crippen LogP contribution in [0.2, 0.25) is 0 Å². The number of rotatable bonds is 4. The van der Waals surface area contributed by atoms with E-state index in [1.807, 2.05) is 0 Å². The maximum atomic E-state index is 11.5. The van der Waals surface area contributed by atoms with Crippen LogP contribution in [0.1, 0.15) is 0 Å². The van der Waals surface area contributed by atoms with Crippen LogP contribution in [0.3, 0.4) is 0 Å². The molecule has 7 nitrogen and oxygen atoms in total. The molecule has 0 bridgehead atoms.